The smallest absolute Gasteiger partial charge is 0.319 e. The van der Waals surface area contributed by atoms with Crippen LogP contribution < -0.4 is 10.6 Å². The minimum absolute atomic E-state index is 0.389. The molecule has 0 bridgehead atoms. The van der Waals surface area contributed by atoms with E-state index in [0.717, 1.165) is 5.56 Å². The van der Waals surface area contributed by atoms with Crippen molar-refractivity contribution in [3.63, 3.8) is 0 Å². The molecule has 2 amide bonds. The van der Waals surface area contributed by atoms with Gasteiger partial charge < -0.3 is 15.7 Å². The topological polar surface area (TPSA) is 61.4 Å². The molecule has 0 aliphatic rings. The zero-order valence-corrected chi connectivity index (χ0v) is 12.3. The monoisotopic (exact) mass is 304 g/mol. The average molecular weight is 305 g/mol. The maximum absolute atomic E-state index is 11.9. The van der Waals surface area contributed by atoms with E-state index in [1.165, 1.54) is 0 Å². The molecule has 3 N–H and O–H groups in total. The number of amides is 2. The van der Waals surface area contributed by atoms with Crippen LogP contribution in [-0.2, 0) is 0 Å². The van der Waals surface area contributed by atoms with Crippen LogP contribution in [0.4, 0.5) is 10.5 Å². The highest BCUT2D eigenvalue weighted by Gasteiger charge is 2.18. The van der Waals surface area contributed by atoms with E-state index >= 15 is 0 Å². The minimum Gasteiger partial charge on any atom is -0.386 e. The summed E-state index contributed by atoms with van der Waals surface area (Å²) in [5.41, 5.74) is 1.36. The van der Waals surface area contributed by atoms with Gasteiger partial charge in [0.05, 0.1) is 12.1 Å². The number of halogens is 1. The Morgan fingerprint density at radius 3 is 2.52 bits per heavy atom. The summed E-state index contributed by atoms with van der Waals surface area (Å²) in [6, 6.07) is 15.3. The summed E-state index contributed by atoms with van der Waals surface area (Å²) in [6.07, 6.45) is -0.767. The van der Waals surface area contributed by atoms with Crippen molar-refractivity contribution < 1.29 is 9.90 Å². The van der Waals surface area contributed by atoms with Crippen molar-refractivity contribution in [2.24, 2.45) is 0 Å². The molecule has 0 aliphatic carbocycles. The van der Waals surface area contributed by atoms with Crippen LogP contribution in [0.1, 0.15) is 18.6 Å². The van der Waals surface area contributed by atoms with Crippen molar-refractivity contribution in [3.05, 3.63) is 65.2 Å². The molecule has 0 heterocycles. The standard InChI is InChI=1S/C16H17ClN2O2/c1-11(15(20)12-6-3-2-4-7-12)18-16(21)19-14-9-5-8-13(17)10-14/h2-11,15,20H,1H3,(H2,18,19,21)/t11-,15-/m1/s1. The molecule has 0 saturated heterocycles. The lowest BCUT2D eigenvalue weighted by Crippen LogP contribution is -2.39. The van der Waals surface area contributed by atoms with Gasteiger partial charge in [0, 0.05) is 10.7 Å². The molecule has 2 atom stereocenters. The number of carbonyl (C=O) groups excluding carboxylic acids is 1. The number of hydrogen-bond donors (Lipinski definition) is 3. The Morgan fingerprint density at radius 1 is 1.14 bits per heavy atom. The van der Waals surface area contributed by atoms with E-state index in [-0.39, 0.29) is 6.03 Å². The molecule has 2 rings (SSSR count). The quantitative estimate of drug-likeness (QED) is 0.808. The van der Waals surface area contributed by atoms with Crippen LogP contribution in [0, 0.1) is 0 Å². The molecule has 5 heteroatoms. The number of aliphatic hydroxyl groups is 1. The van der Waals surface area contributed by atoms with Crippen LogP contribution in [0.2, 0.25) is 5.02 Å². The maximum Gasteiger partial charge on any atom is 0.319 e. The SMILES string of the molecule is C[C@@H](NC(=O)Nc1cccc(Cl)c1)[C@@H](O)c1ccccc1. The molecule has 0 radical (unpaired) electrons. The number of urea groups is 1. The van der Waals surface area contributed by atoms with E-state index in [1.807, 2.05) is 30.3 Å². The van der Waals surface area contributed by atoms with Crippen molar-refractivity contribution in [1.29, 1.82) is 0 Å². The third-order valence-corrected chi connectivity index (χ3v) is 3.29. The van der Waals surface area contributed by atoms with Gasteiger partial charge in [0.1, 0.15) is 0 Å². The molecule has 110 valence electrons. The molecule has 2 aromatic rings. The van der Waals surface area contributed by atoms with Gasteiger partial charge in [-0.3, -0.25) is 0 Å². The lowest BCUT2D eigenvalue weighted by Gasteiger charge is -2.20. The number of anilines is 1. The molecule has 0 aromatic heterocycles. The van der Waals surface area contributed by atoms with E-state index in [1.54, 1.807) is 31.2 Å². The zero-order valence-electron chi connectivity index (χ0n) is 11.6. The van der Waals surface area contributed by atoms with Crippen LogP contribution in [0.5, 0.6) is 0 Å². The zero-order chi connectivity index (χ0) is 15.2. The molecular formula is C16H17ClN2O2. The molecule has 0 unspecified atom stereocenters. The van der Waals surface area contributed by atoms with Crippen molar-refractivity contribution in [2.45, 2.75) is 19.1 Å². The van der Waals surface area contributed by atoms with Gasteiger partial charge in [0.15, 0.2) is 0 Å². The van der Waals surface area contributed by atoms with Crippen LogP contribution in [-0.4, -0.2) is 17.2 Å². The number of rotatable bonds is 4. The Balaban J connectivity index is 1.93. The van der Waals surface area contributed by atoms with E-state index in [2.05, 4.69) is 10.6 Å². The van der Waals surface area contributed by atoms with Crippen LogP contribution in [0.25, 0.3) is 0 Å². The first-order valence-electron chi connectivity index (χ1n) is 6.62. The van der Waals surface area contributed by atoms with Gasteiger partial charge in [-0.15, -0.1) is 0 Å². The number of nitrogens with one attached hydrogen (secondary N) is 2. The van der Waals surface area contributed by atoms with Gasteiger partial charge in [0.2, 0.25) is 0 Å². The summed E-state index contributed by atoms with van der Waals surface area (Å²) in [4.78, 5) is 11.9. The number of hydrogen-bond acceptors (Lipinski definition) is 2. The normalized spacial score (nSPS) is 13.3. The highest BCUT2D eigenvalue weighted by molar-refractivity contribution is 6.30. The fourth-order valence-corrected chi connectivity index (χ4v) is 2.15. The third kappa shape index (κ3) is 4.48. The molecule has 0 spiro atoms. The summed E-state index contributed by atoms with van der Waals surface area (Å²) in [6.45, 7) is 1.75. The lowest BCUT2D eigenvalue weighted by atomic mass is 10.0. The van der Waals surface area contributed by atoms with Gasteiger partial charge in [-0.25, -0.2) is 4.79 Å². The summed E-state index contributed by atoms with van der Waals surface area (Å²) in [7, 11) is 0. The summed E-state index contributed by atoms with van der Waals surface area (Å²) in [5, 5.41) is 16.1. The van der Waals surface area contributed by atoms with Crippen molar-refractivity contribution in [3.8, 4) is 0 Å². The fraction of sp³-hybridized carbons (Fsp3) is 0.188. The molecule has 4 nitrogen and oxygen atoms in total. The van der Waals surface area contributed by atoms with E-state index in [4.69, 9.17) is 11.6 Å². The van der Waals surface area contributed by atoms with Gasteiger partial charge in [-0.2, -0.15) is 0 Å². The molecule has 0 saturated carbocycles. The molecule has 2 aromatic carbocycles. The van der Waals surface area contributed by atoms with Gasteiger partial charge in [-0.05, 0) is 30.7 Å². The number of carbonyl (C=O) groups is 1. The number of aliphatic hydroxyl groups excluding tert-OH is 1. The first-order valence-corrected chi connectivity index (χ1v) is 7.00. The predicted molar refractivity (Wildman–Crippen MR) is 84.5 cm³/mol. The van der Waals surface area contributed by atoms with Gasteiger partial charge >= 0.3 is 6.03 Å². The molecular weight excluding hydrogens is 288 g/mol. The summed E-state index contributed by atoms with van der Waals surface area (Å²) >= 11 is 5.85. The van der Waals surface area contributed by atoms with Gasteiger partial charge in [0.25, 0.3) is 0 Å². The fourth-order valence-electron chi connectivity index (χ4n) is 1.96. The Bertz CT molecular complexity index is 604. The van der Waals surface area contributed by atoms with Crippen molar-refractivity contribution >= 4 is 23.3 Å². The maximum atomic E-state index is 11.9. The highest BCUT2D eigenvalue weighted by Crippen LogP contribution is 2.17. The summed E-state index contributed by atoms with van der Waals surface area (Å²) < 4.78 is 0. The molecule has 0 fully saturated rings. The lowest BCUT2D eigenvalue weighted by molar-refractivity contribution is 0.139. The second-order valence-corrected chi connectivity index (χ2v) is 5.19. The van der Waals surface area contributed by atoms with Gasteiger partial charge in [-0.1, -0.05) is 48.0 Å². The summed E-state index contributed by atoms with van der Waals surface area (Å²) in [5.74, 6) is 0. The van der Waals surface area contributed by atoms with E-state index in [9.17, 15) is 9.90 Å². The first kappa shape index (κ1) is 15.4. The second-order valence-electron chi connectivity index (χ2n) is 4.75. The molecule has 0 aliphatic heterocycles. The van der Waals surface area contributed by atoms with Crippen LogP contribution >= 0.6 is 11.6 Å². The third-order valence-electron chi connectivity index (χ3n) is 3.06. The Morgan fingerprint density at radius 2 is 1.86 bits per heavy atom. The van der Waals surface area contributed by atoms with E-state index in [0.29, 0.717) is 10.7 Å². The average Bonchev–Trinajstić information content (AvgIpc) is 2.47. The second kappa shape index (κ2) is 7.11. The van der Waals surface area contributed by atoms with Crippen LogP contribution in [0.3, 0.4) is 0 Å². The van der Waals surface area contributed by atoms with Crippen molar-refractivity contribution in [1.82, 2.24) is 5.32 Å². The number of benzene rings is 2. The van der Waals surface area contributed by atoms with E-state index < -0.39 is 12.1 Å². The van der Waals surface area contributed by atoms with Crippen molar-refractivity contribution in [2.75, 3.05) is 5.32 Å². The minimum atomic E-state index is -0.767. The Kier molecular flexibility index (Phi) is 5.20. The Labute approximate surface area is 128 Å². The largest absolute Gasteiger partial charge is 0.386 e. The predicted octanol–water partition coefficient (Wildman–Crippen LogP) is 3.58. The molecule has 21 heavy (non-hydrogen) atoms. The first-order chi connectivity index (χ1) is 10.1. The van der Waals surface area contributed by atoms with Crippen LogP contribution in [0.15, 0.2) is 54.6 Å². The Hall–Kier alpha value is -2.04. The highest BCUT2D eigenvalue weighted by atomic mass is 35.5.